The lowest BCUT2D eigenvalue weighted by atomic mass is 9.88. The number of hydrogen-bond donors (Lipinski definition) is 3. The van der Waals surface area contributed by atoms with Crippen molar-refractivity contribution in [3.05, 3.63) is 132 Å². The lowest BCUT2D eigenvalue weighted by Crippen LogP contribution is -2.32. The molecule has 2 saturated carbocycles. The normalized spacial score (nSPS) is 13.6. The van der Waals surface area contributed by atoms with Gasteiger partial charge in [0, 0.05) is 48.3 Å². The van der Waals surface area contributed by atoms with Gasteiger partial charge in [0.25, 0.3) is 10.0 Å². The molecular formula is C45H52F2N8O7S2. The van der Waals surface area contributed by atoms with E-state index in [1.54, 1.807) is 58.4 Å². The molecule has 64 heavy (non-hydrogen) atoms. The van der Waals surface area contributed by atoms with Gasteiger partial charge in [-0.3, -0.25) is 28.9 Å². The topological polar surface area (TPSA) is 222 Å². The molecule has 2 aliphatic rings. The number of amides is 1. The van der Waals surface area contributed by atoms with E-state index in [1.807, 2.05) is 27.7 Å². The predicted octanol–water partition coefficient (Wildman–Crippen LogP) is 7.73. The predicted molar refractivity (Wildman–Crippen MR) is 237 cm³/mol. The maximum atomic E-state index is 14.3. The number of carboxylic acid groups (broad SMARTS) is 1. The van der Waals surface area contributed by atoms with Crippen LogP contribution in [0.2, 0.25) is 0 Å². The third-order valence-electron chi connectivity index (χ3n) is 10.2. The molecule has 2 aliphatic carbocycles. The molecule has 0 spiro atoms. The Kier molecular flexibility index (Phi) is 15.7. The van der Waals surface area contributed by atoms with E-state index in [0.717, 1.165) is 36.8 Å². The van der Waals surface area contributed by atoms with Crippen molar-refractivity contribution in [2.75, 3.05) is 0 Å². The number of sulfonamides is 2. The number of hydrogen-bond acceptors (Lipinski definition) is 10. The Balaban J connectivity index is 0.000000199. The zero-order valence-corrected chi connectivity index (χ0v) is 36.7. The molecule has 0 unspecified atom stereocenters. The van der Waals surface area contributed by atoms with E-state index >= 15 is 0 Å². The van der Waals surface area contributed by atoms with E-state index in [9.17, 15) is 35.2 Å². The van der Waals surface area contributed by atoms with Crippen LogP contribution in [-0.4, -0.2) is 63.3 Å². The average Bonchev–Trinajstić information content (AvgIpc) is 4.16. The van der Waals surface area contributed by atoms with Crippen molar-refractivity contribution in [3.63, 3.8) is 0 Å². The van der Waals surface area contributed by atoms with Gasteiger partial charge in [0.1, 0.15) is 21.4 Å². The third-order valence-corrected chi connectivity index (χ3v) is 12.4. The Labute approximate surface area is 371 Å². The fraction of sp³-hybridized carbons (Fsp3) is 0.333. The van der Waals surface area contributed by atoms with Crippen LogP contribution in [-0.2, 0) is 42.5 Å². The summed E-state index contributed by atoms with van der Waals surface area (Å²) in [5, 5.41) is 22.0. The highest BCUT2D eigenvalue weighted by Crippen LogP contribution is 2.36. The van der Waals surface area contributed by atoms with Gasteiger partial charge in [0.15, 0.2) is 0 Å². The van der Waals surface area contributed by atoms with Crippen LogP contribution < -0.4 is 9.86 Å². The number of aromatic nitrogens is 6. The van der Waals surface area contributed by atoms with Crippen molar-refractivity contribution in [2.45, 2.75) is 107 Å². The summed E-state index contributed by atoms with van der Waals surface area (Å²) in [6.45, 7) is 7.64. The van der Waals surface area contributed by atoms with Crippen molar-refractivity contribution in [1.82, 2.24) is 34.3 Å². The summed E-state index contributed by atoms with van der Waals surface area (Å²) in [5.74, 6) is -2.42. The second-order valence-corrected chi connectivity index (χ2v) is 19.2. The molecule has 19 heteroatoms. The van der Waals surface area contributed by atoms with Crippen molar-refractivity contribution >= 4 is 31.9 Å². The Morgan fingerprint density at radius 3 is 1.55 bits per heavy atom. The van der Waals surface area contributed by atoms with Crippen LogP contribution in [0.4, 0.5) is 8.78 Å². The smallest absolute Gasteiger partial charge is 0.307 e. The molecule has 0 radical (unpaired) electrons. The fourth-order valence-corrected chi connectivity index (χ4v) is 8.23. The van der Waals surface area contributed by atoms with E-state index in [2.05, 4.69) is 24.9 Å². The first-order valence-corrected chi connectivity index (χ1v) is 23.2. The van der Waals surface area contributed by atoms with Gasteiger partial charge in [0.05, 0.1) is 37.3 Å². The van der Waals surface area contributed by atoms with E-state index in [4.69, 9.17) is 10.2 Å². The van der Waals surface area contributed by atoms with Crippen LogP contribution in [0, 0.1) is 11.6 Å². The maximum absolute atomic E-state index is 14.3. The van der Waals surface area contributed by atoms with Gasteiger partial charge >= 0.3 is 5.97 Å². The molecule has 4 aromatic heterocycles. The number of carboxylic acids is 1. The molecule has 0 bridgehead atoms. The number of nitrogens with zero attached hydrogens (tertiary/aromatic N) is 6. The average molecular weight is 919 g/mol. The minimum absolute atomic E-state index is 0. The third kappa shape index (κ3) is 12.7. The highest BCUT2D eigenvalue weighted by atomic mass is 32.2. The molecular weight excluding hydrogens is 867 g/mol. The van der Waals surface area contributed by atoms with Gasteiger partial charge in [-0.2, -0.15) is 10.2 Å². The van der Waals surface area contributed by atoms with Crippen LogP contribution in [0.5, 0.6) is 0 Å². The second kappa shape index (κ2) is 20.5. The summed E-state index contributed by atoms with van der Waals surface area (Å²) in [4.78, 5) is 32.0. The van der Waals surface area contributed by atoms with Crippen LogP contribution >= 0.6 is 0 Å². The van der Waals surface area contributed by atoms with E-state index < -0.39 is 37.7 Å². The second-order valence-electron chi connectivity index (χ2n) is 15.9. The Hall–Kier alpha value is -6.18. The number of nitrogens with one attached hydrogen (secondary N) is 1. The molecule has 340 valence electrons. The number of carbonyl (C=O) groups is 2. The molecule has 0 aliphatic heterocycles. The first-order chi connectivity index (χ1) is 29.8. The molecule has 0 saturated heterocycles. The molecule has 2 aromatic carbocycles. The van der Waals surface area contributed by atoms with Crippen LogP contribution in [0.25, 0.3) is 22.3 Å². The van der Waals surface area contributed by atoms with Crippen molar-refractivity contribution in [1.29, 1.82) is 0 Å². The monoisotopic (exact) mass is 918 g/mol. The summed E-state index contributed by atoms with van der Waals surface area (Å²) >= 11 is 0. The van der Waals surface area contributed by atoms with Gasteiger partial charge in [-0.05, 0) is 107 Å². The first-order valence-electron chi connectivity index (χ1n) is 20.1. The summed E-state index contributed by atoms with van der Waals surface area (Å²) in [5.41, 5.74) is 5.10. The molecule has 6 aromatic rings. The van der Waals surface area contributed by atoms with Gasteiger partial charge in [-0.1, -0.05) is 47.3 Å². The number of aliphatic carboxylic acids is 1. The number of carbonyl (C=O) groups excluding carboxylic acids is 1. The number of primary sulfonamides is 1. The zero-order valence-electron chi connectivity index (χ0n) is 35.0. The minimum atomic E-state index is -4.05. The number of halogens is 2. The molecule has 2 fully saturated rings. The van der Waals surface area contributed by atoms with E-state index in [1.165, 1.54) is 49.1 Å². The first kappa shape index (κ1) is 48.8. The number of rotatable bonds is 13. The largest absolute Gasteiger partial charge is 0.481 e. The minimum Gasteiger partial charge on any atom is -0.481 e. The molecule has 4 heterocycles. The summed E-state index contributed by atoms with van der Waals surface area (Å²) in [6.07, 6.45) is 15.6. The van der Waals surface area contributed by atoms with Crippen LogP contribution in [0.1, 0.15) is 107 Å². The zero-order chi connectivity index (χ0) is 45.6. The summed E-state index contributed by atoms with van der Waals surface area (Å²) in [6, 6.07) is 13.2. The van der Waals surface area contributed by atoms with Gasteiger partial charge < -0.3 is 5.11 Å². The summed E-state index contributed by atoms with van der Waals surface area (Å²) in [7, 11) is -7.62. The van der Waals surface area contributed by atoms with Crippen molar-refractivity contribution in [2.24, 2.45) is 5.14 Å². The number of pyridine rings is 2. The lowest BCUT2D eigenvalue weighted by Gasteiger charge is -2.18. The molecule has 0 atom stereocenters. The van der Waals surface area contributed by atoms with Crippen LogP contribution in [0.15, 0.2) is 108 Å². The van der Waals surface area contributed by atoms with E-state index in [0.29, 0.717) is 39.4 Å². The van der Waals surface area contributed by atoms with Gasteiger partial charge in [-0.15, -0.1) is 0 Å². The van der Waals surface area contributed by atoms with Crippen molar-refractivity contribution in [3.8, 4) is 22.3 Å². The Morgan fingerprint density at radius 1 is 0.734 bits per heavy atom. The standard InChI is InChI=1S/C22H23FN4O3S.C16H16FNO2.C6H9N3O2S.CH4/c1-14(2)19-8-16(23)9-20(15-4-3-7-24-11-15)21(19)10-22(28)26-31(29,30)18-12-25-27(13-18)17-5-6-17;1-10(2)13-6-12(17)7-14(15(13)8-16(19)20)11-4-3-5-18-9-11;7-12(10,11)6-3-8-9(4-6)5-1-2-5;/h3-4,7-9,11-14,17H,5-6,10H2,1-2H3,(H,26,28);3-7,9-10H,8H2,1-2H3,(H,19,20);3-5H,1-2H2,(H2,7,10,11);1H4. The van der Waals surface area contributed by atoms with Crippen molar-refractivity contribution < 1.29 is 40.3 Å². The Bertz CT molecular complexity index is 2810. The number of benzene rings is 2. The molecule has 15 nitrogen and oxygen atoms in total. The van der Waals surface area contributed by atoms with Gasteiger partial charge in [0.2, 0.25) is 15.9 Å². The summed E-state index contributed by atoms with van der Waals surface area (Å²) < 4.78 is 80.5. The number of nitrogens with two attached hydrogens (primary N) is 1. The molecule has 1 amide bonds. The highest BCUT2D eigenvalue weighted by Gasteiger charge is 2.28. The SMILES string of the molecule is C.CC(C)c1cc(F)cc(-c2cccnc2)c1CC(=O)NS(=O)(=O)c1cnn(C2CC2)c1.CC(C)c1cc(F)cc(-c2cccnc2)c1CC(=O)O.NS(=O)(=O)c1cnn(C2CC2)c1. The van der Waals surface area contributed by atoms with Crippen LogP contribution in [0.3, 0.4) is 0 Å². The molecule has 8 rings (SSSR count). The lowest BCUT2D eigenvalue weighted by molar-refractivity contribution is -0.136. The maximum Gasteiger partial charge on any atom is 0.307 e. The van der Waals surface area contributed by atoms with Gasteiger partial charge in [-0.25, -0.2) is 35.5 Å². The van der Waals surface area contributed by atoms with E-state index in [-0.39, 0.29) is 53.8 Å². The highest BCUT2D eigenvalue weighted by molar-refractivity contribution is 7.90. The molecule has 4 N–H and O–H groups in total. The fourth-order valence-electron chi connectivity index (χ4n) is 6.86. The quantitative estimate of drug-likeness (QED) is 0.102. The Morgan fingerprint density at radius 2 is 1.17 bits per heavy atom.